The topological polar surface area (TPSA) is 106 Å². The lowest BCUT2D eigenvalue weighted by molar-refractivity contribution is -0.384. The van der Waals surface area contributed by atoms with Crippen LogP contribution in [0.5, 0.6) is 0 Å². The average molecular weight is 240 g/mol. The van der Waals surface area contributed by atoms with E-state index in [9.17, 15) is 10.1 Å². The summed E-state index contributed by atoms with van der Waals surface area (Å²) in [4.78, 5) is 15.8. The predicted molar refractivity (Wildman–Crippen MR) is 64.9 cm³/mol. The van der Waals surface area contributed by atoms with E-state index in [1.54, 1.807) is 0 Å². The Hall–Kier alpha value is -1.89. The molecule has 0 saturated heterocycles. The summed E-state index contributed by atoms with van der Waals surface area (Å²) >= 11 is 0. The van der Waals surface area contributed by atoms with E-state index in [0.29, 0.717) is 12.4 Å². The van der Waals surface area contributed by atoms with Gasteiger partial charge in [0.15, 0.2) is 0 Å². The number of nitrogen functional groups attached to an aromatic ring is 1. The maximum absolute atomic E-state index is 10.6. The lowest BCUT2D eigenvalue weighted by Crippen LogP contribution is -2.34. The van der Waals surface area contributed by atoms with Crippen molar-refractivity contribution in [2.75, 3.05) is 23.8 Å². The van der Waals surface area contributed by atoms with Crippen molar-refractivity contribution in [2.24, 2.45) is 0 Å². The number of pyridine rings is 1. The lowest BCUT2D eigenvalue weighted by Gasteiger charge is -2.26. The van der Waals surface area contributed by atoms with E-state index in [-0.39, 0.29) is 24.2 Å². The van der Waals surface area contributed by atoms with Gasteiger partial charge in [-0.3, -0.25) is 10.1 Å². The number of nitrogens with two attached hydrogens (primary N) is 1. The molecule has 0 atom stereocenters. The number of aromatic nitrogens is 1. The highest BCUT2D eigenvalue weighted by Gasteiger charge is 2.17. The molecule has 0 saturated carbocycles. The zero-order chi connectivity index (χ0) is 13.0. The molecule has 0 unspecified atom stereocenters. The van der Waals surface area contributed by atoms with Gasteiger partial charge in [-0.2, -0.15) is 0 Å². The summed E-state index contributed by atoms with van der Waals surface area (Å²) in [6.07, 6.45) is 0. The SMILES string of the molecule is CC(C)N(CCO)c1ccc([N+](=O)[O-])c(N)n1. The van der Waals surface area contributed by atoms with Gasteiger partial charge in [-0.15, -0.1) is 0 Å². The fourth-order valence-electron chi connectivity index (χ4n) is 1.52. The normalized spacial score (nSPS) is 10.6. The Balaban J connectivity index is 3.06. The number of rotatable bonds is 5. The molecule has 17 heavy (non-hydrogen) atoms. The zero-order valence-corrected chi connectivity index (χ0v) is 9.83. The summed E-state index contributed by atoms with van der Waals surface area (Å²) in [5.41, 5.74) is 5.31. The number of nitrogens with zero attached hydrogens (tertiary/aromatic N) is 3. The van der Waals surface area contributed by atoms with Crippen molar-refractivity contribution < 1.29 is 10.0 Å². The molecule has 7 nitrogen and oxygen atoms in total. The minimum Gasteiger partial charge on any atom is -0.395 e. The smallest absolute Gasteiger partial charge is 0.311 e. The maximum atomic E-state index is 10.6. The number of hydrogen-bond acceptors (Lipinski definition) is 6. The molecule has 0 spiro atoms. The van der Waals surface area contributed by atoms with Crippen molar-refractivity contribution in [1.82, 2.24) is 4.98 Å². The summed E-state index contributed by atoms with van der Waals surface area (Å²) < 4.78 is 0. The second kappa shape index (κ2) is 5.44. The van der Waals surface area contributed by atoms with E-state index in [4.69, 9.17) is 10.8 Å². The fraction of sp³-hybridized carbons (Fsp3) is 0.500. The van der Waals surface area contributed by atoms with Gasteiger partial charge in [0, 0.05) is 18.7 Å². The highest BCUT2D eigenvalue weighted by Crippen LogP contribution is 2.23. The minimum absolute atomic E-state index is 0.0171. The Morgan fingerprint density at radius 2 is 2.24 bits per heavy atom. The highest BCUT2D eigenvalue weighted by molar-refractivity contribution is 5.58. The van der Waals surface area contributed by atoms with Gasteiger partial charge in [0.05, 0.1) is 11.5 Å². The summed E-state index contributed by atoms with van der Waals surface area (Å²) in [6.45, 7) is 4.27. The summed E-state index contributed by atoms with van der Waals surface area (Å²) in [7, 11) is 0. The fourth-order valence-corrected chi connectivity index (χ4v) is 1.52. The van der Waals surface area contributed by atoms with Gasteiger partial charge < -0.3 is 15.7 Å². The Morgan fingerprint density at radius 1 is 1.59 bits per heavy atom. The van der Waals surface area contributed by atoms with Crippen LogP contribution in [0.2, 0.25) is 0 Å². The lowest BCUT2D eigenvalue weighted by atomic mass is 10.3. The van der Waals surface area contributed by atoms with Crippen molar-refractivity contribution in [3.05, 3.63) is 22.2 Å². The van der Waals surface area contributed by atoms with E-state index in [1.165, 1.54) is 12.1 Å². The van der Waals surface area contributed by atoms with Gasteiger partial charge in [0.2, 0.25) is 5.82 Å². The molecule has 0 bridgehead atoms. The van der Waals surface area contributed by atoms with E-state index in [2.05, 4.69) is 4.98 Å². The first-order valence-corrected chi connectivity index (χ1v) is 5.25. The van der Waals surface area contributed by atoms with Crippen LogP contribution in [0.4, 0.5) is 17.3 Å². The summed E-state index contributed by atoms with van der Waals surface area (Å²) in [5.74, 6) is 0.410. The molecule has 94 valence electrons. The molecule has 7 heteroatoms. The second-order valence-electron chi connectivity index (χ2n) is 3.84. The second-order valence-corrected chi connectivity index (χ2v) is 3.84. The van der Waals surface area contributed by atoms with Crippen molar-refractivity contribution in [3.8, 4) is 0 Å². The van der Waals surface area contributed by atoms with Crippen LogP contribution in [0.1, 0.15) is 13.8 Å². The van der Waals surface area contributed by atoms with Gasteiger partial charge >= 0.3 is 5.69 Å². The van der Waals surface area contributed by atoms with E-state index in [0.717, 1.165) is 0 Å². The maximum Gasteiger partial charge on any atom is 0.311 e. The summed E-state index contributed by atoms with van der Waals surface area (Å²) in [5, 5.41) is 19.5. The van der Waals surface area contributed by atoms with Crippen LogP contribution >= 0.6 is 0 Å². The predicted octanol–water partition coefficient (Wildman–Crippen LogP) is 0.779. The van der Waals surface area contributed by atoms with Crippen molar-refractivity contribution in [1.29, 1.82) is 0 Å². The van der Waals surface area contributed by atoms with Crippen LogP contribution in [0.3, 0.4) is 0 Å². The van der Waals surface area contributed by atoms with Crippen LogP contribution in [-0.4, -0.2) is 34.2 Å². The largest absolute Gasteiger partial charge is 0.395 e. The first-order valence-electron chi connectivity index (χ1n) is 5.25. The van der Waals surface area contributed by atoms with Crippen LogP contribution < -0.4 is 10.6 Å². The molecule has 0 aromatic carbocycles. The standard InChI is InChI=1S/C10H16N4O3/c1-7(2)13(5-6-15)9-4-3-8(14(16)17)10(11)12-9/h3-4,7,15H,5-6H2,1-2H3,(H2,11,12). The Morgan fingerprint density at radius 3 is 2.65 bits per heavy atom. The first kappa shape index (κ1) is 13.2. The van der Waals surface area contributed by atoms with Crippen LogP contribution in [0.25, 0.3) is 0 Å². The third kappa shape index (κ3) is 3.04. The molecule has 0 aliphatic heterocycles. The Labute approximate surface area is 99.0 Å². The number of aliphatic hydroxyl groups is 1. The average Bonchev–Trinajstić information content (AvgIpc) is 2.24. The Kier molecular flexibility index (Phi) is 4.22. The highest BCUT2D eigenvalue weighted by atomic mass is 16.6. The molecular formula is C10H16N4O3. The van der Waals surface area contributed by atoms with Gasteiger partial charge in [0.1, 0.15) is 5.82 Å². The molecule has 1 aromatic rings. The Bertz CT molecular complexity index is 409. The van der Waals surface area contributed by atoms with Gasteiger partial charge in [-0.05, 0) is 19.9 Å². The minimum atomic E-state index is -0.572. The van der Waals surface area contributed by atoms with Crippen molar-refractivity contribution >= 4 is 17.3 Å². The van der Waals surface area contributed by atoms with Crippen molar-refractivity contribution in [3.63, 3.8) is 0 Å². The number of aliphatic hydroxyl groups excluding tert-OH is 1. The number of hydrogen-bond donors (Lipinski definition) is 2. The molecule has 0 fully saturated rings. The van der Waals surface area contributed by atoms with Gasteiger partial charge in [0.25, 0.3) is 0 Å². The molecule has 3 N–H and O–H groups in total. The van der Waals surface area contributed by atoms with Gasteiger partial charge in [-0.1, -0.05) is 0 Å². The molecule has 1 rings (SSSR count). The van der Waals surface area contributed by atoms with E-state index < -0.39 is 4.92 Å². The van der Waals surface area contributed by atoms with Crippen LogP contribution in [-0.2, 0) is 0 Å². The number of nitro groups is 1. The number of anilines is 2. The molecule has 0 aliphatic rings. The van der Waals surface area contributed by atoms with Crippen LogP contribution in [0, 0.1) is 10.1 Å². The molecule has 1 aromatic heterocycles. The van der Waals surface area contributed by atoms with Crippen molar-refractivity contribution in [2.45, 2.75) is 19.9 Å². The molecule has 0 radical (unpaired) electrons. The molecule has 0 aliphatic carbocycles. The van der Waals surface area contributed by atoms with Crippen LogP contribution in [0.15, 0.2) is 12.1 Å². The monoisotopic (exact) mass is 240 g/mol. The molecule has 0 amide bonds. The summed E-state index contributed by atoms with van der Waals surface area (Å²) in [6, 6.07) is 2.98. The quantitative estimate of drug-likeness (QED) is 0.582. The third-order valence-electron chi connectivity index (χ3n) is 2.34. The third-order valence-corrected chi connectivity index (χ3v) is 2.34. The van der Waals surface area contributed by atoms with Gasteiger partial charge in [-0.25, -0.2) is 4.98 Å². The first-order chi connectivity index (χ1) is 7.97. The molecule has 1 heterocycles. The zero-order valence-electron chi connectivity index (χ0n) is 9.83. The van der Waals surface area contributed by atoms with E-state index >= 15 is 0 Å². The molecular weight excluding hydrogens is 224 g/mol. The van der Waals surface area contributed by atoms with E-state index in [1.807, 2.05) is 18.7 Å².